The predicted molar refractivity (Wildman–Crippen MR) is 128 cm³/mol. The lowest BCUT2D eigenvalue weighted by molar-refractivity contribution is 0.175. The van der Waals surface area contributed by atoms with Crippen LogP contribution in [0.2, 0.25) is 0 Å². The second kappa shape index (κ2) is 8.61. The van der Waals surface area contributed by atoms with Crippen LogP contribution in [0, 0.1) is 5.92 Å². The topological polar surface area (TPSA) is 47.4 Å². The third-order valence-corrected chi connectivity index (χ3v) is 7.45. The van der Waals surface area contributed by atoms with E-state index < -0.39 is 0 Å². The van der Waals surface area contributed by atoms with Crippen LogP contribution in [-0.2, 0) is 17.6 Å². The number of rotatable bonds is 3. The molecule has 3 aromatic rings. The second-order valence-corrected chi connectivity index (χ2v) is 9.63. The van der Waals surface area contributed by atoms with Gasteiger partial charge < -0.3 is 9.30 Å². The molecule has 1 amide bonds. The number of carbonyl (C=O) groups excluding carboxylic acids is 1. The van der Waals surface area contributed by atoms with Crippen LogP contribution in [0.1, 0.15) is 68.9 Å². The Hall–Kier alpha value is -2.82. The average molecular weight is 432 g/mol. The Morgan fingerprint density at radius 1 is 1.03 bits per heavy atom. The summed E-state index contributed by atoms with van der Waals surface area (Å²) in [6.45, 7) is 4.46. The lowest BCUT2D eigenvalue weighted by atomic mass is 9.87. The van der Waals surface area contributed by atoms with Crippen LogP contribution >= 0.6 is 0 Å². The number of nitrogens with zero attached hydrogens (tertiary/aromatic N) is 3. The van der Waals surface area contributed by atoms with E-state index in [1.54, 1.807) is 4.90 Å². The van der Waals surface area contributed by atoms with Gasteiger partial charge in [-0.05, 0) is 69.1 Å². The first-order valence-electron chi connectivity index (χ1n) is 12.0. The van der Waals surface area contributed by atoms with Gasteiger partial charge in [-0.15, -0.1) is 0 Å². The molecule has 1 atom stereocenters. The minimum Gasteiger partial charge on any atom is -0.452 e. The average Bonchev–Trinajstić information content (AvgIpc) is 3.17. The Bertz CT molecular complexity index is 1110. The van der Waals surface area contributed by atoms with Crippen molar-refractivity contribution in [1.29, 1.82) is 0 Å². The van der Waals surface area contributed by atoms with Crippen molar-refractivity contribution < 1.29 is 9.53 Å². The van der Waals surface area contributed by atoms with Crippen LogP contribution in [0.5, 0.6) is 0 Å². The number of amides is 1. The van der Waals surface area contributed by atoms with Gasteiger partial charge in [-0.25, -0.2) is 9.78 Å². The fraction of sp³-hybridized carbons (Fsp3) is 0.481. The molecule has 32 heavy (non-hydrogen) atoms. The molecule has 2 aliphatic rings. The molecule has 5 nitrogen and oxygen atoms in total. The van der Waals surface area contributed by atoms with Crippen molar-refractivity contribution in [3.63, 3.8) is 0 Å². The van der Waals surface area contributed by atoms with Crippen LogP contribution < -0.4 is 4.90 Å². The van der Waals surface area contributed by atoms with Gasteiger partial charge in [0.05, 0.1) is 23.8 Å². The van der Waals surface area contributed by atoms with Crippen LogP contribution in [0.3, 0.4) is 0 Å². The predicted octanol–water partition coefficient (Wildman–Crippen LogP) is 6.29. The summed E-state index contributed by atoms with van der Waals surface area (Å²) < 4.78 is 7.63. The van der Waals surface area contributed by atoms with E-state index in [9.17, 15) is 4.79 Å². The van der Waals surface area contributed by atoms with Crippen molar-refractivity contribution in [1.82, 2.24) is 9.55 Å². The number of fused-ring (bicyclic) bond motifs is 3. The highest BCUT2D eigenvalue weighted by atomic mass is 16.5. The maximum atomic E-state index is 12.5. The number of benzene rings is 2. The standard InChI is InChI=1S/C27H33N3O2/c1-18-9-12-21(13-10-18)30-24-16-15-23-22(14-11-19(2)29(23)27(31)32-3)26(24)28-25(30)17-20-7-5-4-6-8-20/h4-8,15-16,18-19,21H,9-14,17H2,1-3H3/t18-,19-,21+/m0/s1. The monoisotopic (exact) mass is 431 g/mol. The number of aryl methyl sites for hydroxylation is 1. The molecule has 5 rings (SSSR count). The van der Waals surface area contributed by atoms with E-state index in [0.717, 1.165) is 42.2 Å². The van der Waals surface area contributed by atoms with Gasteiger partial charge in [-0.2, -0.15) is 0 Å². The minimum absolute atomic E-state index is 0.123. The third-order valence-electron chi connectivity index (χ3n) is 7.45. The van der Waals surface area contributed by atoms with Crippen molar-refractivity contribution in [3.05, 3.63) is 59.4 Å². The molecular weight excluding hydrogens is 398 g/mol. The number of aromatic nitrogens is 2. The number of imidazole rings is 1. The summed E-state index contributed by atoms with van der Waals surface area (Å²) in [6.07, 6.45) is 7.35. The second-order valence-electron chi connectivity index (χ2n) is 9.63. The zero-order valence-electron chi connectivity index (χ0n) is 19.4. The molecule has 2 heterocycles. The Kier molecular flexibility index (Phi) is 5.66. The highest BCUT2D eigenvalue weighted by Crippen LogP contribution is 2.40. The van der Waals surface area contributed by atoms with E-state index in [1.807, 2.05) is 0 Å². The van der Waals surface area contributed by atoms with E-state index in [2.05, 4.69) is 60.9 Å². The number of anilines is 1. The van der Waals surface area contributed by atoms with Crippen molar-refractivity contribution in [2.24, 2.45) is 5.92 Å². The molecule has 2 aromatic carbocycles. The van der Waals surface area contributed by atoms with Gasteiger partial charge in [0.1, 0.15) is 5.82 Å². The maximum absolute atomic E-state index is 12.5. The molecule has 1 aromatic heterocycles. The van der Waals surface area contributed by atoms with Crippen molar-refractivity contribution in [2.75, 3.05) is 12.0 Å². The summed E-state index contributed by atoms with van der Waals surface area (Å²) >= 11 is 0. The Balaban J connectivity index is 1.64. The number of methoxy groups -OCH3 is 1. The molecule has 0 bridgehead atoms. The molecule has 0 N–H and O–H groups in total. The molecule has 1 saturated carbocycles. The largest absolute Gasteiger partial charge is 0.452 e. The van der Waals surface area contributed by atoms with Gasteiger partial charge in [0.15, 0.2) is 0 Å². The Morgan fingerprint density at radius 2 is 1.78 bits per heavy atom. The van der Waals surface area contributed by atoms with E-state index in [-0.39, 0.29) is 12.1 Å². The van der Waals surface area contributed by atoms with E-state index in [0.29, 0.717) is 6.04 Å². The van der Waals surface area contributed by atoms with Gasteiger partial charge in [0.2, 0.25) is 0 Å². The molecule has 0 spiro atoms. The molecule has 5 heteroatoms. The number of carbonyl (C=O) groups is 1. The van der Waals surface area contributed by atoms with E-state index in [1.165, 1.54) is 49.4 Å². The lowest BCUT2D eigenvalue weighted by Crippen LogP contribution is -2.42. The zero-order valence-corrected chi connectivity index (χ0v) is 19.4. The van der Waals surface area contributed by atoms with Gasteiger partial charge in [-0.1, -0.05) is 37.3 Å². The summed E-state index contributed by atoms with van der Waals surface area (Å²) in [5.41, 5.74) is 5.70. The first-order chi connectivity index (χ1) is 15.6. The minimum atomic E-state index is -0.289. The van der Waals surface area contributed by atoms with Crippen molar-refractivity contribution >= 4 is 22.8 Å². The molecule has 0 radical (unpaired) electrons. The zero-order chi connectivity index (χ0) is 22.2. The van der Waals surface area contributed by atoms with Crippen molar-refractivity contribution in [2.45, 2.75) is 70.9 Å². The van der Waals surface area contributed by atoms with Crippen LogP contribution in [0.4, 0.5) is 10.5 Å². The molecule has 0 unspecified atom stereocenters. The summed E-state index contributed by atoms with van der Waals surface area (Å²) in [6, 6.07) is 15.5. The highest BCUT2D eigenvalue weighted by molar-refractivity contribution is 5.95. The van der Waals surface area contributed by atoms with Gasteiger partial charge in [0.25, 0.3) is 0 Å². The van der Waals surface area contributed by atoms with Crippen LogP contribution in [0.15, 0.2) is 42.5 Å². The smallest absolute Gasteiger partial charge is 0.414 e. The fourth-order valence-corrected chi connectivity index (χ4v) is 5.63. The first-order valence-corrected chi connectivity index (χ1v) is 12.0. The first kappa shape index (κ1) is 21.0. The summed E-state index contributed by atoms with van der Waals surface area (Å²) in [4.78, 5) is 19.6. The summed E-state index contributed by atoms with van der Waals surface area (Å²) in [7, 11) is 1.46. The molecule has 1 aliphatic carbocycles. The van der Waals surface area contributed by atoms with Gasteiger partial charge in [-0.3, -0.25) is 4.90 Å². The van der Waals surface area contributed by atoms with Gasteiger partial charge in [0, 0.05) is 24.1 Å². The SMILES string of the molecule is COC(=O)N1c2ccc3c(nc(Cc4ccccc4)n3[C@H]3CC[C@@H](C)CC3)c2CC[C@@H]1C. The van der Waals surface area contributed by atoms with Crippen LogP contribution in [0.25, 0.3) is 11.0 Å². The fourth-order valence-electron chi connectivity index (χ4n) is 5.63. The quantitative estimate of drug-likeness (QED) is 0.490. The van der Waals surface area contributed by atoms with Gasteiger partial charge >= 0.3 is 6.09 Å². The van der Waals surface area contributed by atoms with Crippen molar-refractivity contribution in [3.8, 4) is 0 Å². The Labute approximate surface area is 190 Å². The molecule has 1 fully saturated rings. The Morgan fingerprint density at radius 3 is 2.50 bits per heavy atom. The normalized spacial score (nSPS) is 23.2. The van der Waals surface area contributed by atoms with E-state index in [4.69, 9.17) is 9.72 Å². The molecule has 0 saturated heterocycles. The highest BCUT2D eigenvalue weighted by Gasteiger charge is 2.32. The van der Waals surface area contributed by atoms with E-state index >= 15 is 0 Å². The summed E-state index contributed by atoms with van der Waals surface area (Å²) in [5, 5.41) is 0. The molecular formula is C27H33N3O2. The summed E-state index contributed by atoms with van der Waals surface area (Å²) in [5.74, 6) is 1.95. The van der Waals surface area contributed by atoms with Crippen LogP contribution in [-0.4, -0.2) is 28.8 Å². The number of hydrogen-bond acceptors (Lipinski definition) is 3. The maximum Gasteiger partial charge on any atom is 0.414 e. The molecule has 1 aliphatic heterocycles. The lowest BCUT2D eigenvalue weighted by Gasteiger charge is -2.34. The third kappa shape index (κ3) is 3.68. The number of hydrogen-bond donors (Lipinski definition) is 0. The number of ether oxygens (including phenoxy) is 1. The molecule has 168 valence electrons.